The Morgan fingerprint density at radius 2 is 1.86 bits per heavy atom. The second kappa shape index (κ2) is 7.64. The summed E-state index contributed by atoms with van der Waals surface area (Å²) in [5, 5.41) is 5.57. The maximum atomic E-state index is 12.5. The molecule has 0 bridgehead atoms. The van der Waals surface area contributed by atoms with E-state index in [1.165, 1.54) is 24.0 Å². The summed E-state index contributed by atoms with van der Waals surface area (Å²) in [5.74, 6) is 0.337. The van der Waals surface area contributed by atoms with Gasteiger partial charge >= 0.3 is 5.97 Å². The molecular weight excluding hydrogens is 397 g/mol. The van der Waals surface area contributed by atoms with Gasteiger partial charge in [0.05, 0.1) is 17.3 Å². The number of carbonyl (C=O) groups is 1. The lowest BCUT2D eigenvalue weighted by molar-refractivity contribution is 0.0518. The number of hydrogen-bond acceptors (Lipinski definition) is 3. The molecule has 4 rings (SSSR count). The van der Waals surface area contributed by atoms with Gasteiger partial charge in [0.15, 0.2) is 5.69 Å². The van der Waals surface area contributed by atoms with E-state index in [0.29, 0.717) is 22.3 Å². The molecule has 28 heavy (non-hydrogen) atoms. The molecule has 0 saturated carbocycles. The molecule has 0 saturated heterocycles. The Morgan fingerprint density at radius 1 is 1.18 bits per heavy atom. The minimum atomic E-state index is -0.443. The number of fused-ring (bicyclic) bond motifs is 1. The summed E-state index contributed by atoms with van der Waals surface area (Å²) < 4.78 is 8.95. The Balaban J connectivity index is 1.92. The highest BCUT2D eigenvalue weighted by atomic mass is 35.5. The van der Waals surface area contributed by atoms with Crippen LogP contribution in [0.15, 0.2) is 30.6 Å². The molecule has 0 fully saturated rings. The van der Waals surface area contributed by atoms with Crippen molar-refractivity contribution < 1.29 is 9.53 Å². The standard InChI is InChI=1S/C21H21Cl2N3O2/c1-3-28-21(27)19-13(2)20(25-11-14-6-4-5-7-15(14)12-25)26(24-19)18-9-8-16(22)10-17(18)23/h8-12H,3-7H2,1-2H3. The van der Waals surface area contributed by atoms with Gasteiger partial charge in [0.25, 0.3) is 0 Å². The van der Waals surface area contributed by atoms with E-state index in [0.717, 1.165) is 24.2 Å². The van der Waals surface area contributed by atoms with E-state index in [4.69, 9.17) is 27.9 Å². The molecule has 3 aromatic rings. The van der Waals surface area contributed by atoms with E-state index in [-0.39, 0.29) is 5.69 Å². The van der Waals surface area contributed by atoms with Gasteiger partial charge < -0.3 is 9.30 Å². The molecule has 1 aliphatic carbocycles. The number of carbonyl (C=O) groups excluding carboxylic acids is 1. The molecule has 1 aliphatic rings. The molecule has 0 N–H and O–H groups in total. The van der Waals surface area contributed by atoms with Gasteiger partial charge in [-0.15, -0.1) is 0 Å². The summed E-state index contributed by atoms with van der Waals surface area (Å²) in [5.41, 5.74) is 4.38. The van der Waals surface area contributed by atoms with Gasteiger partial charge in [-0.3, -0.25) is 0 Å². The summed E-state index contributed by atoms with van der Waals surface area (Å²) in [6, 6.07) is 5.23. The molecule has 2 aromatic heterocycles. The number of hydrogen-bond donors (Lipinski definition) is 0. The summed E-state index contributed by atoms with van der Waals surface area (Å²) >= 11 is 12.5. The number of benzene rings is 1. The van der Waals surface area contributed by atoms with Gasteiger partial charge in [-0.2, -0.15) is 5.10 Å². The summed E-state index contributed by atoms with van der Waals surface area (Å²) in [6.45, 7) is 3.95. The number of nitrogens with zero attached hydrogens (tertiary/aromatic N) is 3. The summed E-state index contributed by atoms with van der Waals surface area (Å²) in [7, 11) is 0. The Kier molecular flexibility index (Phi) is 5.21. The zero-order valence-corrected chi connectivity index (χ0v) is 17.3. The van der Waals surface area contributed by atoms with Crippen LogP contribution in [-0.2, 0) is 17.6 Å². The maximum absolute atomic E-state index is 12.5. The van der Waals surface area contributed by atoms with E-state index < -0.39 is 5.97 Å². The molecule has 0 atom stereocenters. The zero-order chi connectivity index (χ0) is 19.8. The summed E-state index contributed by atoms with van der Waals surface area (Å²) in [4.78, 5) is 12.5. The largest absolute Gasteiger partial charge is 0.461 e. The topological polar surface area (TPSA) is 49.0 Å². The zero-order valence-electron chi connectivity index (χ0n) is 15.8. The van der Waals surface area contributed by atoms with Gasteiger partial charge in [-0.25, -0.2) is 9.48 Å². The molecule has 5 nitrogen and oxygen atoms in total. The molecule has 2 heterocycles. The number of aryl methyl sites for hydroxylation is 2. The highest BCUT2D eigenvalue weighted by molar-refractivity contribution is 6.35. The predicted octanol–water partition coefficient (Wildman–Crippen LogP) is 5.33. The third-order valence-corrected chi connectivity index (χ3v) is 5.62. The SMILES string of the molecule is CCOC(=O)c1nn(-c2ccc(Cl)cc2Cl)c(-n2cc3c(c2)CCCC3)c1C. The van der Waals surface area contributed by atoms with E-state index in [9.17, 15) is 4.79 Å². The van der Waals surface area contributed by atoms with Crippen molar-refractivity contribution in [2.45, 2.75) is 39.5 Å². The number of aromatic nitrogens is 3. The van der Waals surface area contributed by atoms with Crippen molar-refractivity contribution in [1.82, 2.24) is 14.3 Å². The second-order valence-electron chi connectivity index (χ2n) is 6.95. The van der Waals surface area contributed by atoms with E-state index in [1.807, 2.05) is 11.5 Å². The highest BCUT2D eigenvalue weighted by Crippen LogP contribution is 2.31. The van der Waals surface area contributed by atoms with Gasteiger partial charge in [-0.05, 0) is 68.9 Å². The summed E-state index contributed by atoms with van der Waals surface area (Å²) in [6.07, 6.45) is 8.81. The lowest BCUT2D eigenvalue weighted by Gasteiger charge is -2.11. The number of ether oxygens (including phenoxy) is 1. The monoisotopic (exact) mass is 417 g/mol. The third-order valence-electron chi connectivity index (χ3n) is 5.09. The Labute approximate surface area is 173 Å². The molecule has 0 unspecified atom stereocenters. The Hall–Kier alpha value is -2.24. The van der Waals surface area contributed by atoms with Crippen molar-refractivity contribution in [3.05, 3.63) is 63.0 Å². The van der Waals surface area contributed by atoms with E-state index in [1.54, 1.807) is 29.8 Å². The van der Waals surface area contributed by atoms with Crippen LogP contribution in [0.3, 0.4) is 0 Å². The first-order valence-corrected chi connectivity index (χ1v) is 10.2. The number of halogens is 2. The Bertz CT molecular complexity index is 1030. The van der Waals surface area contributed by atoms with Crippen molar-refractivity contribution >= 4 is 29.2 Å². The second-order valence-corrected chi connectivity index (χ2v) is 7.79. The van der Waals surface area contributed by atoms with Crippen molar-refractivity contribution in [3.63, 3.8) is 0 Å². The molecule has 0 amide bonds. The average Bonchev–Trinajstić information content (AvgIpc) is 3.22. The molecule has 1 aromatic carbocycles. The van der Waals surface area contributed by atoms with Crippen LogP contribution < -0.4 is 0 Å². The van der Waals surface area contributed by atoms with Crippen LogP contribution in [-0.4, -0.2) is 26.9 Å². The van der Waals surface area contributed by atoms with Crippen molar-refractivity contribution in [2.75, 3.05) is 6.61 Å². The third kappa shape index (κ3) is 3.33. The first kappa shape index (κ1) is 19.1. The molecule has 7 heteroatoms. The van der Waals surface area contributed by atoms with Crippen LogP contribution in [0.25, 0.3) is 11.5 Å². The van der Waals surface area contributed by atoms with Crippen LogP contribution >= 0.6 is 23.2 Å². The van der Waals surface area contributed by atoms with Crippen LogP contribution in [0.5, 0.6) is 0 Å². The van der Waals surface area contributed by atoms with E-state index in [2.05, 4.69) is 17.5 Å². The fourth-order valence-electron chi connectivity index (χ4n) is 3.75. The number of esters is 1. The molecule has 0 aliphatic heterocycles. The molecule has 0 radical (unpaired) electrons. The minimum absolute atomic E-state index is 0.287. The average molecular weight is 418 g/mol. The fraction of sp³-hybridized carbons (Fsp3) is 0.333. The number of rotatable bonds is 4. The van der Waals surface area contributed by atoms with Gasteiger partial charge in [-0.1, -0.05) is 23.2 Å². The first-order chi connectivity index (χ1) is 13.5. The Morgan fingerprint density at radius 3 is 2.46 bits per heavy atom. The molecular formula is C21H21Cl2N3O2. The van der Waals surface area contributed by atoms with Gasteiger partial charge in [0.1, 0.15) is 5.82 Å². The quantitative estimate of drug-likeness (QED) is 0.538. The molecule has 0 spiro atoms. The van der Waals surface area contributed by atoms with Crippen LogP contribution in [0.1, 0.15) is 46.9 Å². The first-order valence-electron chi connectivity index (χ1n) is 9.42. The highest BCUT2D eigenvalue weighted by Gasteiger charge is 2.25. The smallest absolute Gasteiger partial charge is 0.359 e. The maximum Gasteiger partial charge on any atom is 0.359 e. The minimum Gasteiger partial charge on any atom is -0.461 e. The predicted molar refractivity (Wildman–Crippen MR) is 110 cm³/mol. The van der Waals surface area contributed by atoms with Crippen LogP contribution in [0.2, 0.25) is 10.0 Å². The van der Waals surface area contributed by atoms with Crippen LogP contribution in [0, 0.1) is 6.92 Å². The van der Waals surface area contributed by atoms with Crippen LogP contribution in [0.4, 0.5) is 0 Å². The van der Waals surface area contributed by atoms with Gasteiger partial charge in [0.2, 0.25) is 0 Å². The normalized spacial score (nSPS) is 13.4. The molecule has 146 valence electrons. The van der Waals surface area contributed by atoms with Gasteiger partial charge in [0, 0.05) is 23.0 Å². The van der Waals surface area contributed by atoms with Crippen molar-refractivity contribution in [2.24, 2.45) is 0 Å². The fourth-order valence-corrected chi connectivity index (χ4v) is 4.24. The van der Waals surface area contributed by atoms with Crippen molar-refractivity contribution in [1.29, 1.82) is 0 Å². The lowest BCUT2D eigenvalue weighted by atomic mass is 9.96. The lowest BCUT2D eigenvalue weighted by Crippen LogP contribution is -2.08. The van der Waals surface area contributed by atoms with E-state index >= 15 is 0 Å². The van der Waals surface area contributed by atoms with Crippen molar-refractivity contribution in [3.8, 4) is 11.5 Å².